The van der Waals surface area contributed by atoms with Gasteiger partial charge in [-0.2, -0.15) is 0 Å². The Morgan fingerprint density at radius 3 is 2.89 bits per heavy atom. The van der Waals surface area contributed by atoms with E-state index in [4.69, 9.17) is 0 Å². The van der Waals surface area contributed by atoms with Crippen molar-refractivity contribution in [2.75, 3.05) is 5.32 Å². The number of nitrogens with one attached hydrogen (secondary N) is 2. The molecule has 2 aromatic rings. The molecule has 0 saturated heterocycles. The van der Waals surface area contributed by atoms with Gasteiger partial charge < -0.3 is 5.32 Å². The highest BCUT2D eigenvalue weighted by Crippen LogP contribution is 2.20. The van der Waals surface area contributed by atoms with Crippen LogP contribution in [0.4, 0.5) is 5.95 Å². The van der Waals surface area contributed by atoms with Gasteiger partial charge in [0, 0.05) is 17.3 Å². The summed E-state index contributed by atoms with van der Waals surface area (Å²) in [6, 6.07) is 4.39. The largest absolute Gasteiger partial charge is 0.352 e. The summed E-state index contributed by atoms with van der Waals surface area (Å²) >= 11 is 1.62. The number of rotatable bonds is 4. The zero-order valence-electron chi connectivity index (χ0n) is 10.6. The smallest absolute Gasteiger partial charge is 0.274 e. The maximum atomic E-state index is 11.9. The molecule has 2 N–H and O–H groups in total. The second kappa shape index (κ2) is 5.52. The topological polar surface area (TPSA) is 70.7 Å². The molecular formula is C13H16N4OS. The van der Waals surface area contributed by atoms with Crippen LogP contribution in [-0.2, 0) is 6.42 Å². The first-order chi connectivity index (χ1) is 9.31. The fraction of sp³-hybridized carbons (Fsp3) is 0.462. The van der Waals surface area contributed by atoms with E-state index in [2.05, 4.69) is 20.5 Å². The zero-order chi connectivity index (χ0) is 13.1. The number of hydrogen-bond acceptors (Lipinski definition) is 5. The van der Waals surface area contributed by atoms with Crippen molar-refractivity contribution in [3.63, 3.8) is 0 Å². The van der Waals surface area contributed by atoms with Crippen molar-refractivity contribution < 1.29 is 0 Å². The Hall–Kier alpha value is -1.69. The maximum absolute atomic E-state index is 11.9. The summed E-state index contributed by atoms with van der Waals surface area (Å²) in [5.41, 5.74) is 0.323. The average molecular weight is 276 g/mol. The van der Waals surface area contributed by atoms with Crippen molar-refractivity contribution in [3.8, 4) is 0 Å². The number of nitrogens with zero attached hydrogens (tertiary/aromatic N) is 2. The van der Waals surface area contributed by atoms with Gasteiger partial charge in [0.2, 0.25) is 5.95 Å². The molecule has 0 aliphatic heterocycles. The Morgan fingerprint density at radius 1 is 1.37 bits per heavy atom. The lowest BCUT2D eigenvalue weighted by atomic mass is 10.2. The minimum absolute atomic E-state index is 0.149. The quantitative estimate of drug-likeness (QED) is 0.898. The molecule has 0 bridgehead atoms. The van der Waals surface area contributed by atoms with Gasteiger partial charge in [-0.15, -0.1) is 21.5 Å². The van der Waals surface area contributed by atoms with Crippen molar-refractivity contribution in [3.05, 3.63) is 38.4 Å². The molecular weight excluding hydrogens is 260 g/mol. The zero-order valence-corrected chi connectivity index (χ0v) is 11.4. The van der Waals surface area contributed by atoms with Gasteiger partial charge in [-0.1, -0.05) is 18.9 Å². The summed E-state index contributed by atoms with van der Waals surface area (Å²) < 4.78 is 0. The fourth-order valence-corrected chi connectivity index (χ4v) is 3.09. The highest BCUT2D eigenvalue weighted by atomic mass is 32.1. The van der Waals surface area contributed by atoms with Crippen LogP contribution < -0.4 is 10.9 Å². The summed E-state index contributed by atoms with van der Waals surface area (Å²) in [6.07, 6.45) is 5.31. The minimum Gasteiger partial charge on any atom is -0.352 e. The van der Waals surface area contributed by atoms with Crippen LogP contribution in [0, 0.1) is 0 Å². The minimum atomic E-state index is -0.149. The number of thiophene rings is 1. The van der Waals surface area contributed by atoms with Crippen molar-refractivity contribution in [2.24, 2.45) is 0 Å². The first-order valence-electron chi connectivity index (χ1n) is 6.56. The molecule has 1 aliphatic carbocycles. The van der Waals surface area contributed by atoms with Crippen molar-refractivity contribution in [1.82, 2.24) is 15.2 Å². The van der Waals surface area contributed by atoms with E-state index in [-0.39, 0.29) is 5.56 Å². The molecule has 0 atom stereocenters. The number of anilines is 1. The molecule has 100 valence electrons. The average Bonchev–Trinajstić information content (AvgIpc) is 3.05. The van der Waals surface area contributed by atoms with E-state index >= 15 is 0 Å². The van der Waals surface area contributed by atoms with Gasteiger partial charge in [-0.3, -0.25) is 9.78 Å². The van der Waals surface area contributed by atoms with Crippen LogP contribution in [-0.4, -0.2) is 21.2 Å². The maximum Gasteiger partial charge on any atom is 0.274 e. The summed E-state index contributed by atoms with van der Waals surface area (Å²) in [4.78, 5) is 15.8. The van der Waals surface area contributed by atoms with E-state index in [9.17, 15) is 4.79 Å². The first-order valence-corrected chi connectivity index (χ1v) is 7.44. The monoisotopic (exact) mass is 276 g/mol. The predicted octanol–water partition coefficient (Wildman–Crippen LogP) is 2.17. The number of hydrogen-bond donors (Lipinski definition) is 2. The molecule has 0 amide bonds. The normalized spacial score (nSPS) is 15.8. The predicted molar refractivity (Wildman–Crippen MR) is 75.7 cm³/mol. The Morgan fingerprint density at radius 2 is 2.21 bits per heavy atom. The standard InChI is InChI=1S/C13H16N4OS/c18-12-11(8-10-6-3-7-19-10)16-17-13(15-12)14-9-4-1-2-5-9/h3,6-7,9H,1-2,4-5,8H2,(H2,14,15,17,18). The molecule has 0 spiro atoms. The molecule has 1 fully saturated rings. The van der Waals surface area contributed by atoms with E-state index in [1.54, 1.807) is 11.3 Å². The second-order valence-electron chi connectivity index (χ2n) is 4.83. The van der Waals surface area contributed by atoms with Crippen LogP contribution in [0.5, 0.6) is 0 Å². The van der Waals surface area contributed by atoms with E-state index in [0.717, 1.165) is 17.7 Å². The Kier molecular flexibility index (Phi) is 3.59. The molecule has 2 aromatic heterocycles. The van der Waals surface area contributed by atoms with E-state index in [1.807, 2.05) is 17.5 Å². The summed E-state index contributed by atoms with van der Waals surface area (Å²) in [5.74, 6) is 0.492. The lowest BCUT2D eigenvalue weighted by Crippen LogP contribution is -2.23. The molecule has 1 saturated carbocycles. The highest BCUT2D eigenvalue weighted by Gasteiger charge is 2.16. The third kappa shape index (κ3) is 3.01. The molecule has 19 heavy (non-hydrogen) atoms. The Bertz CT molecular complexity index is 587. The van der Waals surface area contributed by atoms with Crippen molar-refractivity contribution >= 4 is 17.3 Å². The van der Waals surface area contributed by atoms with E-state index < -0.39 is 0 Å². The highest BCUT2D eigenvalue weighted by molar-refractivity contribution is 7.09. The fourth-order valence-electron chi connectivity index (χ4n) is 2.38. The van der Waals surface area contributed by atoms with Crippen LogP contribution in [0.2, 0.25) is 0 Å². The summed E-state index contributed by atoms with van der Waals surface area (Å²) in [5, 5.41) is 13.4. The second-order valence-corrected chi connectivity index (χ2v) is 5.86. The van der Waals surface area contributed by atoms with Gasteiger partial charge in [0.25, 0.3) is 5.56 Å². The molecule has 0 radical (unpaired) electrons. The molecule has 3 rings (SSSR count). The van der Waals surface area contributed by atoms with Crippen molar-refractivity contribution in [2.45, 2.75) is 38.1 Å². The van der Waals surface area contributed by atoms with Crippen molar-refractivity contribution in [1.29, 1.82) is 0 Å². The van der Waals surface area contributed by atoms with Crippen LogP contribution in [0.25, 0.3) is 0 Å². The molecule has 1 aliphatic rings. The summed E-state index contributed by atoms with van der Waals surface area (Å²) in [7, 11) is 0. The van der Waals surface area contributed by atoms with Crippen LogP contribution >= 0.6 is 11.3 Å². The molecule has 5 nitrogen and oxygen atoms in total. The number of aromatic amines is 1. The van der Waals surface area contributed by atoms with Gasteiger partial charge in [0.05, 0.1) is 0 Å². The third-order valence-electron chi connectivity index (χ3n) is 3.38. The number of H-pyrrole nitrogens is 1. The molecule has 6 heteroatoms. The number of aromatic nitrogens is 3. The van der Waals surface area contributed by atoms with Gasteiger partial charge in [0.1, 0.15) is 5.69 Å². The molecule has 0 aromatic carbocycles. The SMILES string of the molecule is O=c1[nH]c(NC2CCCC2)nnc1Cc1cccs1. The van der Waals surface area contributed by atoms with Crippen LogP contribution in [0.15, 0.2) is 22.3 Å². The van der Waals surface area contributed by atoms with E-state index in [0.29, 0.717) is 24.1 Å². The van der Waals surface area contributed by atoms with Gasteiger partial charge in [-0.25, -0.2) is 0 Å². The Labute approximate surface area is 115 Å². The van der Waals surface area contributed by atoms with Crippen LogP contribution in [0.1, 0.15) is 36.3 Å². The van der Waals surface area contributed by atoms with Gasteiger partial charge in [-0.05, 0) is 24.3 Å². The van der Waals surface area contributed by atoms with E-state index in [1.165, 1.54) is 12.8 Å². The van der Waals surface area contributed by atoms with Crippen LogP contribution in [0.3, 0.4) is 0 Å². The lowest BCUT2D eigenvalue weighted by Gasteiger charge is -2.11. The first kappa shape index (κ1) is 12.3. The summed E-state index contributed by atoms with van der Waals surface area (Å²) in [6.45, 7) is 0. The third-order valence-corrected chi connectivity index (χ3v) is 4.26. The Balaban J connectivity index is 1.72. The lowest BCUT2D eigenvalue weighted by molar-refractivity contribution is 0.731. The van der Waals surface area contributed by atoms with Gasteiger partial charge in [0.15, 0.2) is 0 Å². The molecule has 2 heterocycles. The molecule has 0 unspecified atom stereocenters. The van der Waals surface area contributed by atoms with Gasteiger partial charge >= 0.3 is 0 Å².